The summed E-state index contributed by atoms with van der Waals surface area (Å²) < 4.78 is 14.8. The summed E-state index contributed by atoms with van der Waals surface area (Å²) in [5.74, 6) is 0. The van der Waals surface area contributed by atoms with Crippen LogP contribution in [0.1, 0.15) is 49.5 Å². The Morgan fingerprint density at radius 2 is 1.27 bits per heavy atom. The van der Waals surface area contributed by atoms with Gasteiger partial charge in [-0.2, -0.15) is 0 Å². The second kappa shape index (κ2) is 5.44. The largest absolute Gasteiger partial charge is 0.360 e. The molecule has 0 N–H and O–H groups in total. The van der Waals surface area contributed by atoms with Crippen LogP contribution in [0.15, 0.2) is 0 Å². The molecule has 2 aromatic heterocycles. The molecule has 8 nitrogen and oxygen atoms in total. The average molecular weight is 304 g/mol. The lowest BCUT2D eigenvalue weighted by atomic mass is 10.0. The minimum absolute atomic E-state index is 0.0249. The van der Waals surface area contributed by atoms with E-state index in [1.165, 1.54) is 0 Å². The van der Waals surface area contributed by atoms with Crippen molar-refractivity contribution in [3.63, 3.8) is 0 Å². The summed E-state index contributed by atoms with van der Waals surface area (Å²) in [5.41, 5.74) is 3.89. The molecule has 4 heterocycles. The average Bonchev–Trinajstić information content (AvgIpc) is 3.17. The van der Waals surface area contributed by atoms with Gasteiger partial charge < -0.3 is 9.47 Å². The maximum absolute atomic E-state index is 5.49. The predicted octanol–water partition coefficient (Wildman–Crippen LogP) is 1.50. The van der Waals surface area contributed by atoms with E-state index in [4.69, 9.17) is 9.47 Å². The van der Waals surface area contributed by atoms with Crippen molar-refractivity contribution >= 4 is 0 Å². The van der Waals surface area contributed by atoms with E-state index in [-0.39, 0.29) is 12.5 Å². The summed E-state index contributed by atoms with van der Waals surface area (Å²) in [6.45, 7) is 0. The molecule has 0 unspecified atom stereocenters. The number of ether oxygens (including phenoxy) is 2. The standard InChI is InChI=1S/C14H20N6O2/c1-21-11-7-3-5-9-13(15-17-19(9)11)14-10-6-4-8-12(22-2)20(10)18-16-14/h11-12H,3-8H2,1-2H3/t11-,12-/m1/s1. The normalized spacial score (nSPS) is 24.1. The Labute approximate surface area is 128 Å². The fourth-order valence-electron chi connectivity index (χ4n) is 3.49. The first kappa shape index (κ1) is 13.8. The maximum atomic E-state index is 5.49. The van der Waals surface area contributed by atoms with Gasteiger partial charge in [-0.3, -0.25) is 0 Å². The summed E-state index contributed by atoms with van der Waals surface area (Å²) >= 11 is 0. The molecular formula is C14H20N6O2. The monoisotopic (exact) mass is 304 g/mol. The van der Waals surface area contributed by atoms with Gasteiger partial charge in [0.1, 0.15) is 11.4 Å². The summed E-state index contributed by atoms with van der Waals surface area (Å²) in [7, 11) is 3.43. The molecule has 0 saturated heterocycles. The van der Waals surface area contributed by atoms with Crippen LogP contribution in [0, 0.1) is 0 Å². The van der Waals surface area contributed by atoms with E-state index in [1.54, 1.807) is 14.2 Å². The molecule has 0 radical (unpaired) electrons. The highest BCUT2D eigenvalue weighted by molar-refractivity contribution is 5.59. The van der Waals surface area contributed by atoms with Gasteiger partial charge >= 0.3 is 0 Å². The van der Waals surface area contributed by atoms with E-state index in [1.807, 2.05) is 9.36 Å². The van der Waals surface area contributed by atoms with Gasteiger partial charge in [0.25, 0.3) is 0 Å². The van der Waals surface area contributed by atoms with Crippen molar-refractivity contribution in [2.75, 3.05) is 14.2 Å². The Hall–Kier alpha value is -1.80. The minimum Gasteiger partial charge on any atom is -0.360 e. The van der Waals surface area contributed by atoms with Crippen molar-refractivity contribution in [2.24, 2.45) is 0 Å². The summed E-state index contributed by atoms with van der Waals surface area (Å²) in [6.07, 6.45) is 5.93. The third kappa shape index (κ3) is 1.98. The summed E-state index contributed by atoms with van der Waals surface area (Å²) in [6, 6.07) is 0. The van der Waals surface area contributed by atoms with Crippen LogP contribution in [-0.2, 0) is 22.3 Å². The number of nitrogens with zero attached hydrogens (tertiary/aromatic N) is 6. The lowest BCUT2D eigenvalue weighted by Gasteiger charge is -2.23. The lowest BCUT2D eigenvalue weighted by Crippen LogP contribution is -2.21. The molecule has 2 aromatic rings. The van der Waals surface area contributed by atoms with Gasteiger partial charge in [0.15, 0.2) is 12.5 Å². The Bertz CT molecular complexity index is 621. The first-order valence-corrected chi connectivity index (χ1v) is 7.77. The molecule has 118 valence electrons. The van der Waals surface area contributed by atoms with Gasteiger partial charge in [-0.1, -0.05) is 10.4 Å². The van der Waals surface area contributed by atoms with Gasteiger partial charge in [0.05, 0.1) is 11.4 Å². The third-order valence-electron chi connectivity index (χ3n) is 4.63. The summed E-state index contributed by atoms with van der Waals surface area (Å²) in [5, 5.41) is 17.3. The molecule has 2 atom stereocenters. The maximum Gasteiger partial charge on any atom is 0.151 e. The molecule has 2 aliphatic heterocycles. The van der Waals surface area contributed by atoms with Crippen LogP contribution in [0.2, 0.25) is 0 Å². The lowest BCUT2D eigenvalue weighted by molar-refractivity contribution is 0.0134. The molecule has 0 aliphatic carbocycles. The third-order valence-corrected chi connectivity index (χ3v) is 4.63. The van der Waals surface area contributed by atoms with Crippen LogP contribution >= 0.6 is 0 Å². The van der Waals surface area contributed by atoms with Crippen LogP contribution in [0.5, 0.6) is 0 Å². The van der Waals surface area contributed by atoms with Crippen molar-refractivity contribution in [1.29, 1.82) is 0 Å². The summed E-state index contributed by atoms with van der Waals surface area (Å²) in [4.78, 5) is 0. The van der Waals surface area contributed by atoms with E-state index >= 15 is 0 Å². The van der Waals surface area contributed by atoms with Gasteiger partial charge in [0, 0.05) is 14.2 Å². The highest BCUT2D eigenvalue weighted by Gasteiger charge is 2.30. The number of methoxy groups -OCH3 is 2. The Kier molecular flexibility index (Phi) is 3.42. The van der Waals surface area contributed by atoms with E-state index in [0.29, 0.717) is 0 Å². The number of aromatic nitrogens is 6. The minimum atomic E-state index is -0.0249. The van der Waals surface area contributed by atoms with Crippen LogP contribution in [0.4, 0.5) is 0 Å². The number of fused-ring (bicyclic) bond motifs is 2. The Morgan fingerprint density at radius 1 is 0.818 bits per heavy atom. The second-order valence-electron chi connectivity index (χ2n) is 5.82. The quantitative estimate of drug-likeness (QED) is 0.855. The van der Waals surface area contributed by atoms with Crippen molar-refractivity contribution < 1.29 is 9.47 Å². The van der Waals surface area contributed by atoms with E-state index < -0.39 is 0 Å². The molecule has 8 heteroatoms. The predicted molar refractivity (Wildman–Crippen MR) is 77.0 cm³/mol. The van der Waals surface area contributed by atoms with Crippen LogP contribution in [0.3, 0.4) is 0 Å². The van der Waals surface area contributed by atoms with Gasteiger partial charge in [0.2, 0.25) is 0 Å². The highest BCUT2D eigenvalue weighted by Crippen LogP contribution is 2.34. The van der Waals surface area contributed by atoms with Crippen LogP contribution < -0.4 is 0 Å². The van der Waals surface area contributed by atoms with Crippen molar-refractivity contribution in [2.45, 2.75) is 51.0 Å². The molecule has 0 fully saturated rings. The molecule has 0 aromatic carbocycles. The SMILES string of the molecule is CO[C@@H]1CCCc2c(-c3nnn4c3CCC[C@H]4OC)nnn21. The Balaban J connectivity index is 1.78. The fourth-order valence-corrected chi connectivity index (χ4v) is 3.49. The van der Waals surface area contributed by atoms with Crippen molar-refractivity contribution in [3.05, 3.63) is 11.4 Å². The molecule has 2 aliphatic rings. The molecule has 0 amide bonds. The Morgan fingerprint density at radius 3 is 1.68 bits per heavy atom. The van der Waals surface area contributed by atoms with Gasteiger partial charge in [-0.15, -0.1) is 10.2 Å². The van der Waals surface area contributed by atoms with Crippen LogP contribution in [-0.4, -0.2) is 44.2 Å². The first-order valence-electron chi connectivity index (χ1n) is 7.77. The zero-order chi connectivity index (χ0) is 15.1. The fraction of sp³-hybridized carbons (Fsp3) is 0.714. The molecule has 22 heavy (non-hydrogen) atoms. The number of hydrogen-bond donors (Lipinski definition) is 0. The smallest absolute Gasteiger partial charge is 0.151 e. The topological polar surface area (TPSA) is 79.9 Å². The number of rotatable bonds is 3. The van der Waals surface area contributed by atoms with E-state index in [0.717, 1.165) is 61.3 Å². The first-order chi connectivity index (χ1) is 10.8. The van der Waals surface area contributed by atoms with Gasteiger partial charge in [-0.25, -0.2) is 9.36 Å². The van der Waals surface area contributed by atoms with E-state index in [2.05, 4.69) is 20.6 Å². The molecule has 4 rings (SSSR count). The second-order valence-corrected chi connectivity index (χ2v) is 5.82. The van der Waals surface area contributed by atoms with Crippen molar-refractivity contribution in [3.8, 4) is 11.4 Å². The molecular weight excluding hydrogens is 284 g/mol. The zero-order valence-corrected chi connectivity index (χ0v) is 12.9. The zero-order valence-electron chi connectivity index (χ0n) is 12.9. The van der Waals surface area contributed by atoms with Gasteiger partial charge in [-0.05, 0) is 38.5 Å². The number of hydrogen-bond acceptors (Lipinski definition) is 6. The molecule has 0 bridgehead atoms. The highest BCUT2D eigenvalue weighted by atomic mass is 16.5. The van der Waals surface area contributed by atoms with Crippen molar-refractivity contribution in [1.82, 2.24) is 30.0 Å². The molecule has 0 spiro atoms. The molecule has 0 saturated carbocycles. The van der Waals surface area contributed by atoms with Crippen LogP contribution in [0.25, 0.3) is 11.4 Å². The van der Waals surface area contributed by atoms with E-state index in [9.17, 15) is 0 Å².